The minimum atomic E-state index is -4.31. The number of benzene rings is 1. The number of alkyl halides is 3. The first-order valence-corrected chi connectivity index (χ1v) is 7.44. The Morgan fingerprint density at radius 2 is 1.64 bits per heavy atom. The zero-order valence-corrected chi connectivity index (χ0v) is 12.9. The molecule has 1 aliphatic rings. The molecule has 118 valence electrons. The number of rotatable bonds is 2. The van der Waals surface area contributed by atoms with Crippen molar-refractivity contribution >= 4 is 0 Å². The molecule has 22 heavy (non-hydrogen) atoms. The van der Waals surface area contributed by atoms with Gasteiger partial charge in [-0.25, -0.2) is 4.68 Å². The lowest BCUT2D eigenvalue weighted by atomic mass is 9.91. The third kappa shape index (κ3) is 2.89. The summed E-state index contributed by atoms with van der Waals surface area (Å²) in [5, 5.41) is 4.64. The van der Waals surface area contributed by atoms with Crippen molar-refractivity contribution in [2.24, 2.45) is 0 Å². The highest BCUT2D eigenvalue weighted by atomic mass is 19.4. The minimum absolute atomic E-state index is 0.122. The maximum absolute atomic E-state index is 12.7. The van der Waals surface area contributed by atoms with Gasteiger partial charge in [0.25, 0.3) is 0 Å². The lowest BCUT2D eigenvalue weighted by Gasteiger charge is -2.20. The van der Waals surface area contributed by atoms with Crippen LogP contribution in [0, 0.1) is 0 Å². The van der Waals surface area contributed by atoms with Crippen molar-refractivity contribution in [1.29, 1.82) is 0 Å². The number of hydrogen-bond donors (Lipinski definition) is 0. The van der Waals surface area contributed by atoms with E-state index in [4.69, 9.17) is 0 Å². The van der Waals surface area contributed by atoms with Gasteiger partial charge in [0.2, 0.25) is 0 Å². The Kier molecular flexibility index (Phi) is 3.34. The number of hydrogen-bond acceptors (Lipinski definition) is 1. The van der Waals surface area contributed by atoms with Gasteiger partial charge in [0.1, 0.15) is 0 Å². The van der Waals surface area contributed by atoms with Crippen LogP contribution in [0.25, 0.3) is 5.69 Å². The Labute approximate surface area is 128 Å². The molecule has 0 bridgehead atoms. The standard InChI is InChI=1S/C17H19F3N2/c1-16(2,3)15-10-14(11-4-5-11)21-22(15)13-8-6-12(7-9-13)17(18,19)20/h6-11H,4-5H2,1-3H3. The molecule has 0 aliphatic heterocycles. The van der Waals surface area contributed by atoms with Crippen molar-refractivity contribution in [3.05, 3.63) is 47.3 Å². The number of nitrogens with zero attached hydrogens (tertiary/aromatic N) is 2. The van der Waals surface area contributed by atoms with Crippen LogP contribution in [0.5, 0.6) is 0 Å². The van der Waals surface area contributed by atoms with Crippen molar-refractivity contribution in [1.82, 2.24) is 9.78 Å². The fraction of sp³-hybridized carbons (Fsp3) is 0.471. The molecule has 0 spiro atoms. The summed E-state index contributed by atoms with van der Waals surface area (Å²) >= 11 is 0. The van der Waals surface area contributed by atoms with Gasteiger partial charge < -0.3 is 0 Å². The maximum Gasteiger partial charge on any atom is 0.416 e. The van der Waals surface area contributed by atoms with E-state index in [9.17, 15) is 13.2 Å². The van der Waals surface area contributed by atoms with Gasteiger partial charge in [-0.05, 0) is 43.2 Å². The van der Waals surface area contributed by atoms with Crippen LogP contribution >= 0.6 is 0 Å². The van der Waals surface area contributed by atoms with Gasteiger partial charge in [-0.1, -0.05) is 20.8 Å². The Morgan fingerprint density at radius 3 is 2.09 bits per heavy atom. The lowest BCUT2D eigenvalue weighted by molar-refractivity contribution is -0.137. The molecule has 3 rings (SSSR count). The van der Waals surface area contributed by atoms with E-state index in [0.29, 0.717) is 11.6 Å². The second kappa shape index (κ2) is 4.86. The normalized spacial score (nSPS) is 16.1. The molecule has 5 heteroatoms. The van der Waals surface area contributed by atoms with E-state index < -0.39 is 11.7 Å². The van der Waals surface area contributed by atoms with E-state index in [0.717, 1.165) is 36.4 Å². The molecule has 1 saturated carbocycles. The quantitative estimate of drug-likeness (QED) is 0.757. The van der Waals surface area contributed by atoms with Crippen molar-refractivity contribution < 1.29 is 13.2 Å². The summed E-state index contributed by atoms with van der Waals surface area (Å²) in [5.41, 5.74) is 1.98. The summed E-state index contributed by atoms with van der Waals surface area (Å²) in [6, 6.07) is 7.29. The first-order valence-electron chi connectivity index (χ1n) is 7.44. The molecule has 0 unspecified atom stereocenters. The van der Waals surface area contributed by atoms with Gasteiger partial charge in [-0.15, -0.1) is 0 Å². The third-order valence-corrected chi connectivity index (χ3v) is 3.93. The zero-order valence-electron chi connectivity index (χ0n) is 12.9. The predicted molar refractivity (Wildman–Crippen MR) is 79.2 cm³/mol. The molecule has 1 fully saturated rings. The second-order valence-electron chi connectivity index (χ2n) is 6.94. The van der Waals surface area contributed by atoms with Gasteiger partial charge in [-0.3, -0.25) is 0 Å². The summed E-state index contributed by atoms with van der Waals surface area (Å²) in [5.74, 6) is 0.511. The smallest absolute Gasteiger partial charge is 0.237 e. The van der Waals surface area contributed by atoms with Crippen LogP contribution < -0.4 is 0 Å². The molecular formula is C17H19F3N2. The van der Waals surface area contributed by atoms with Gasteiger partial charge in [0.15, 0.2) is 0 Å². The highest BCUT2D eigenvalue weighted by molar-refractivity contribution is 5.39. The Morgan fingerprint density at radius 1 is 1.05 bits per heavy atom. The van der Waals surface area contributed by atoms with Gasteiger partial charge in [-0.2, -0.15) is 18.3 Å². The first-order chi connectivity index (χ1) is 10.2. The van der Waals surface area contributed by atoms with Crippen molar-refractivity contribution in [2.75, 3.05) is 0 Å². The topological polar surface area (TPSA) is 17.8 Å². The molecule has 0 radical (unpaired) electrons. The summed E-state index contributed by atoms with van der Waals surface area (Å²) in [6.45, 7) is 6.25. The summed E-state index contributed by atoms with van der Waals surface area (Å²) in [4.78, 5) is 0. The Hall–Kier alpha value is -1.78. The van der Waals surface area contributed by atoms with E-state index in [-0.39, 0.29) is 5.41 Å². The van der Waals surface area contributed by atoms with Crippen LogP contribution in [-0.2, 0) is 11.6 Å². The average Bonchev–Trinajstić information content (AvgIpc) is 3.15. The van der Waals surface area contributed by atoms with Crippen LogP contribution in [-0.4, -0.2) is 9.78 Å². The Bertz CT molecular complexity index is 671. The summed E-state index contributed by atoms with van der Waals surface area (Å²) < 4.78 is 39.8. The van der Waals surface area contributed by atoms with E-state index in [1.54, 1.807) is 4.68 Å². The average molecular weight is 308 g/mol. The van der Waals surface area contributed by atoms with Crippen LogP contribution in [0.15, 0.2) is 30.3 Å². The molecule has 2 aromatic rings. The molecule has 1 aromatic carbocycles. The van der Waals surface area contributed by atoms with E-state index in [1.807, 2.05) is 0 Å². The maximum atomic E-state index is 12.7. The summed E-state index contributed by atoms with van der Waals surface area (Å²) in [6.07, 6.45) is -2.02. The van der Waals surface area contributed by atoms with Gasteiger partial charge in [0, 0.05) is 17.0 Å². The highest BCUT2D eigenvalue weighted by Gasteiger charge is 2.32. The Balaban J connectivity index is 2.03. The molecule has 2 nitrogen and oxygen atoms in total. The van der Waals surface area contributed by atoms with Crippen LogP contribution in [0.4, 0.5) is 13.2 Å². The van der Waals surface area contributed by atoms with E-state index in [2.05, 4.69) is 31.9 Å². The molecule has 0 N–H and O–H groups in total. The SMILES string of the molecule is CC(C)(C)c1cc(C2CC2)nn1-c1ccc(C(F)(F)F)cc1. The minimum Gasteiger partial charge on any atom is -0.237 e. The van der Waals surface area contributed by atoms with Crippen molar-refractivity contribution in [2.45, 2.75) is 51.1 Å². The third-order valence-electron chi connectivity index (χ3n) is 3.93. The molecular weight excluding hydrogens is 289 g/mol. The van der Waals surface area contributed by atoms with Crippen LogP contribution in [0.1, 0.15) is 56.5 Å². The molecule has 0 amide bonds. The van der Waals surface area contributed by atoms with Gasteiger partial charge in [0.05, 0.1) is 16.9 Å². The largest absolute Gasteiger partial charge is 0.416 e. The fourth-order valence-corrected chi connectivity index (χ4v) is 2.50. The number of aromatic nitrogens is 2. The predicted octanol–water partition coefficient (Wildman–Crippen LogP) is 5.07. The van der Waals surface area contributed by atoms with E-state index >= 15 is 0 Å². The van der Waals surface area contributed by atoms with Crippen molar-refractivity contribution in [3.8, 4) is 5.69 Å². The number of halogens is 3. The van der Waals surface area contributed by atoms with Crippen LogP contribution in [0.3, 0.4) is 0 Å². The molecule has 0 atom stereocenters. The highest BCUT2D eigenvalue weighted by Crippen LogP contribution is 2.41. The van der Waals surface area contributed by atoms with E-state index in [1.165, 1.54) is 12.1 Å². The second-order valence-corrected chi connectivity index (χ2v) is 6.94. The zero-order chi connectivity index (χ0) is 16.1. The molecule has 0 saturated heterocycles. The van der Waals surface area contributed by atoms with Gasteiger partial charge >= 0.3 is 6.18 Å². The molecule has 1 aromatic heterocycles. The monoisotopic (exact) mass is 308 g/mol. The molecule has 1 aliphatic carbocycles. The lowest BCUT2D eigenvalue weighted by Crippen LogP contribution is -2.17. The summed E-state index contributed by atoms with van der Waals surface area (Å²) in [7, 11) is 0. The van der Waals surface area contributed by atoms with Crippen LogP contribution in [0.2, 0.25) is 0 Å². The molecule has 1 heterocycles. The fourth-order valence-electron chi connectivity index (χ4n) is 2.50. The first kappa shape index (κ1) is 15.1. The van der Waals surface area contributed by atoms with Crippen molar-refractivity contribution in [3.63, 3.8) is 0 Å².